The van der Waals surface area contributed by atoms with Gasteiger partial charge in [-0.05, 0) is 43.0 Å². The summed E-state index contributed by atoms with van der Waals surface area (Å²) in [5.74, 6) is -0.000318. The van der Waals surface area contributed by atoms with Crippen LogP contribution in [-0.4, -0.2) is 26.6 Å². The highest BCUT2D eigenvalue weighted by molar-refractivity contribution is 7.92. The number of hydrogen-bond donors (Lipinski definition) is 1. The van der Waals surface area contributed by atoms with Gasteiger partial charge in [0.1, 0.15) is 6.04 Å². The molecule has 28 heavy (non-hydrogen) atoms. The first-order valence-electron chi connectivity index (χ1n) is 9.20. The number of amides is 1. The highest BCUT2D eigenvalue weighted by Gasteiger charge is 2.30. The van der Waals surface area contributed by atoms with Crippen LogP contribution in [0.15, 0.2) is 54.6 Å². The Morgan fingerprint density at radius 1 is 1.07 bits per heavy atom. The molecule has 2 atom stereocenters. The summed E-state index contributed by atoms with van der Waals surface area (Å²) in [6.45, 7) is 5.75. The Labute approximate surface area is 172 Å². The molecule has 7 heteroatoms. The number of anilines is 1. The summed E-state index contributed by atoms with van der Waals surface area (Å²) in [6, 6.07) is 15.0. The average Bonchev–Trinajstić information content (AvgIpc) is 2.60. The zero-order valence-corrected chi connectivity index (χ0v) is 18.2. The van der Waals surface area contributed by atoms with E-state index in [9.17, 15) is 13.2 Å². The van der Waals surface area contributed by atoms with Crippen LogP contribution in [0.3, 0.4) is 0 Å². The molecule has 1 N–H and O–H groups in total. The first-order chi connectivity index (χ1) is 13.1. The molecule has 0 heterocycles. The largest absolute Gasteiger partial charge is 0.347 e. The lowest BCUT2D eigenvalue weighted by molar-refractivity contribution is -0.122. The molecule has 0 aliphatic heterocycles. The number of benzene rings is 2. The minimum absolute atomic E-state index is 0.197. The third-order valence-electron chi connectivity index (χ3n) is 4.38. The third-order valence-corrected chi connectivity index (χ3v) is 5.85. The topological polar surface area (TPSA) is 66.5 Å². The van der Waals surface area contributed by atoms with Crippen molar-refractivity contribution < 1.29 is 13.2 Å². The van der Waals surface area contributed by atoms with Crippen LogP contribution in [0.5, 0.6) is 0 Å². The fourth-order valence-electron chi connectivity index (χ4n) is 3.15. The SMILES string of the molecule is CC(C)C[C@H](NC(=O)[C@H](C)N(c1cccc(Cl)c1)S(C)(=O)=O)c1ccccc1. The molecule has 0 fully saturated rings. The maximum absolute atomic E-state index is 13.0. The highest BCUT2D eigenvalue weighted by Crippen LogP contribution is 2.26. The minimum Gasteiger partial charge on any atom is -0.347 e. The van der Waals surface area contributed by atoms with E-state index in [1.54, 1.807) is 25.1 Å². The van der Waals surface area contributed by atoms with Gasteiger partial charge >= 0.3 is 0 Å². The highest BCUT2D eigenvalue weighted by atomic mass is 35.5. The molecule has 152 valence electrons. The summed E-state index contributed by atoms with van der Waals surface area (Å²) in [4.78, 5) is 13.0. The second-order valence-corrected chi connectivity index (χ2v) is 9.61. The van der Waals surface area contributed by atoms with Gasteiger partial charge in [0.05, 0.1) is 18.0 Å². The number of nitrogens with one attached hydrogen (secondary N) is 1. The minimum atomic E-state index is -3.69. The molecule has 0 aliphatic rings. The van der Waals surface area contributed by atoms with Crippen LogP contribution in [0.2, 0.25) is 5.02 Å². The van der Waals surface area contributed by atoms with E-state index < -0.39 is 16.1 Å². The molecule has 0 radical (unpaired) electrons. The monoisotopic (exact) mass is 422 g/mol. The van der Waals surface area contributed by atoms with E-state index in [0.717, 1.165) is 22.5 Å². The van der Waals surface area contributed by atoms with Crippen molar-refractivity contribution in [1.82, 2.24) is 5.32 Å². The van der Waals surface area contributed by atoms with Crippen LogP contribution in [-0.2, 0) is 14.8 Å². The van der Waals surface area contributed by atoms with Gasteiger partial charge in [-0.1, -0.05) is 61.8 Å². The zero-order valence-electron chi connectivity index (χ0n) is 16.6. The summed E-state index contributed by atoms with van der Waals surface area (Å²) in [5.41, 5.74) is 1.35. The first-order valence-corrected chi connectivity index (χ1v) is 11.4. The Kier molecular flexibility index (Phi) is 7.49. The van der Waals surface area contributed by atoms with Gasteiger partial charge in [-0.3, -0.25) is 9.10 Å². The van der Waals surface area contributed by atoms with Gasteiger partial charge in [0.25, 0.3) is 0 Å². The van der Waals surface area contributed by atoms with Crippen LogP contribution < -0.4 is 9.62 Å². The molecule has 0 saturated carbocycles. The molecule has 2 aromatic carbocycles. The van der Waals surface area contributed by atoms with Crippen LogP contribution in [0, 0.1) is 5.92 Å². The Balaban J connectivity index is 2.30. The molecule has 0 spiro atoms. The number of sulfonamides is 1. The molecule has 0 aliphatic carbocycles. The van der Waals surface area contributed by atoms with Crippen molar-refractivity contribution >= 4 is 33.2 Å². The zero-order chi connectivity index (χ0) is 20.9. The molecule has 0 unspecified atom stereocenters. The number of nitrogens with zero attached hydrogens (tertiary/aromatic N) is 1. The van der Waals surface area contributed by atoms with Crippen LogP contribution in [0.1, 0.15) is 38.8 Å². The molecular formula is C21H27ClN2O3S. The number of carbonyl (C=O) groups excluding carboxylic acids is 1. The van der Waals surface area contributed by atoms with Crippen molar-refractivity contribution in [2.45, 2.75) is 39.3 Å². The average molecular weight is 423 g/mol. The van der Waals surface area contributed by atoms with E-state index in [1.807, 2.05) is 30.3 Å². The van der Waals surface area contributed by atoms with Gasteiger partial charge < -0.3 is 5.32 Å². The summed E-state index contributed by atoms with van der Waals surface area (Å²) in [6.07, 6.45) is 1.83. The lowest BCUT2D eigenvalue weighted by Crippen LogP contribution is -2.48. The maximum Gasteiger partial charge on any atom is 0.244 e. The van der Waals surface area contributed by atoms with Gasteiger partial charge in [0, 0.05) is 5.02 Å². The van der Waals surface area contributed by atoms with Gasteiger partial charge in [0.15, 0.2) is 0 Å². The van der Waals surface area contributed by atoms with Crippen molar-refractivity contribution in [3.8, 4) is 0 Å². The maximum atomic E-state index is 13.0. The molecule has 0 bridgehead atoms. The van der Waals surface area contributed by atoms with E-state index in [1.165, 1.54) is 6.07 Å². The normalized spacial score (nSPS) is 13.8. The predicted octanol–water partition coefficient (Wildman–Crippen LogP) is 4.40. The third kappa shape index (κ3) is 5.97. The van der Waals surface area contributed by atoms with Crippen LogP contribution in [0.4, 0.5) is 5.69 Å². The van der Waals surface area contributed by atoms with Gasteiger partial charge in [-0.25, -0.2) is 8.42 Å². The Morgan fingerprint density at radius 2 is 1.71 bits per heavy atom. The number of carbonyl (C=O) groups is 1. The number of hydrogen-bond acceptors (Lipinski definition) is 3. The van der Waals surface area contributed by atoms with E-state index in [4.69, 9.17) is 11.6 Å². The van der Waals surface area contributed by atoms with Crippen LogP contribution in [0.25, 0.3) is 0 Å². The number of rotatable bonds is 8. The second kappa shape index (κ2) is 9.43. The summed E-state index contributed by atoms with van der Waals surface area (Å²) < 4.78 is 26.0. The number of halogens is 1. The van der Waals surface area contributed by atoms with Gasteiger partial charge in [-0.2, -0.15) is 0 Å². The van der Waals surface area contributed by atoms with Crippen molar-refractivity contribution in [1.29, 1.82) is 0 Å². The lowest BCUT2D eigenvalue weighted by Gasteiger charge is -2.30. The van der Waals surface area contributed by atoms with Crippen molar-refractivity contribution in [3.63, 3.8) is 0 Å². The Morgan fingerprint density at radius 3 is 2.25 bits per heavy atom. The summed E-state index contributed by atoms with van der Waals surface area (Å²) in [7, 11) is -3.69. The molecule has 0 saturated heterocycles. The standard InChI is InChI=1S/C21H27ClN2O3S/c1-15(2)13-20(17-9-6-5-7-10-17)23-21(25)16(3)24(28(4,26)27)19-12-8-11-18(22)14-19/h5-12,14-16,20H,13H2,1-4H3,(H,23,25)/t16-,20-/m0/s1. The smallest absolute Gasteiger partial charge is 0.244 e. The first kappa shape index (κ1) is 22.2. The fourth-order valence-corrected chi connectivity index (χ4v) is 4.50. The molecule has 5 nitrogen and oxygen atoms in total. The lowest BCUT2D eigenvalue weighted by atomic mass is 9.96. The second-order valence-electron chi connectivity index (χ2n) is 7.32. The van der Waals surface area contributed by atoms with Crippen molar-refractivity contribution in [2.75, 3.05) is 10.6 Å². The molecule has 2 aromatic rings. The van der Waals surface area contributed by atoms with Crippen molar-refractivity contribution in [3.05, 3.63) is 65.2 Å². The molecular weight excluding hydrogens is 396 g/mol. The van der Waals surface area contributed by atoms with Gasteiger partial charge in [0.2, 0.25) is 15.9 Å². The van der Waals surface area contributed by atoms with Crippen molar-refractivity contribution in [2.24, 2.45) is 5.92 Å². The quantitative estimate of drug-likeness (QED) is 0.685. The Bertz CT molecular complexity index is 901. The molecule has 0 aromatic heterocycles. The van der Waals surface area contributed by atoms with E-state index in [-0.39, 0.29) is 11.9 Å². The predicted molar refractivity (Wildman–Crippen MR) is 115 cm³/mol. The van der Waals surface area contributed by atoms with E-state index >= 15 is 0 Å². The summed E-state index contributed by atoms with van der Waals surface area (Å²) >= 11 is 6.02. The molecule has 2 rings (SSSR count). The Hall–Kier alpha value is -2.05. The van der Waals surface area contributed by atoms with Gasteiger partial charge in [-0.15, -0.1) is 0 Å². The fraction of sp³-hybridized carbons (Fsp3) is 0.381. The van der Waals surface area contributed by atoms with E-state index in [2.05, 4.69) is 19.2 Å². The van der Waals surface area contributed by atoms with E-state index in [0.29, 0.717) is 16.6 Å². The summed E-state index contributed by atoms with van der Waals surface area (Å²) in [5, 5.41) is 3.43. The van der Waals surface area contributed by atoms with Crippen LogP contribution >= 0.6 is 11.6 Å². The molecule has 1 amide bonds.